The van der Waals surface area contributed by atoms with E-state index < -0.39 is 23.8 Å². The summed E-state index contributed by atoms with van der Waals surface area (Å²) < 4.78 is 0. The Bertz CT molecular complexity index is 970. The number of hydrogen-bond acceptors (Lipinski definition) is 4. The maximum Gasteiger partial charge on any atom is 0.262 e. The molecule has 0 radical (unpaired) electrons. The Morgan fingerprint density at radius 2 is 1.48 bits per heavy atom. The van der Waals surface area contributed by atoms with E-state index in [0.29, 0.717) is 5.69 Å². The van der Waals surface area contributed by atoms with Crippen LogP contribution in [0.3, 0.4) is 0 Å². The second kappa shape index (κ2) is 7.87. The van der Waals surface area contributed by atoms with Crippen LogP contribution in [0.1, 0.15) is 44.3 Å². The topological polar surface area (TPSA) is 95.6 Å². The zero-order chi connectivity index (χ0) is 21.3. The van der Waals surface area contributed by atoms with Crippen molar-refractivity contribution < 1.29 is 19.2 Å². The standard InChI is InChI=1S/C22H23N3O4/c1-12-9-13(2)19(14(3)10-12)24-18(26)11-23-20(27)15(4)25-21(28)16-7-5-6-8-17(16)22(25)29/h5-10,15H,11H2,1-4H3,(H,23,27)(H,24,26)/t15-/m0/s1. The predicted molar refractivity (Wildman–Crippen MR) is 109 cm³/mol. The quantitative estimate of drug-likeness (QED) is 0.763. The summed E-state index contributed by atoms with van der Waals surface area (Å²) in [6.07, 6.45) is 0. The number of hydrogen-bond donors (Lipinski definition) is 2. The summed E-state index contributed by atoms with van der Waals surface area (Å²) in [6.45, 7) is 6.98. The maximum absolute atomic E-state index is 12.5. The van der Waals surface area contributed by atoms with E-state index in [1.54, 1.807) is 24.3 Å². The first-order valence-corrected chi connectivity index (χ1v) is 9.33. The summed E-state index contributed by atoms with van der Waals surface area (Å²) in [5.41, 5.74) is 4.23. The number of aryl methyl sites for hydroxylation is 3. The molecular weight excluding hydrogens is 370 g/mol. The third-order valence-electron chi connectivity index (χ3n) is 4.96. The molecule has 1 aliphatic heterocycles. The minimum absolute atomic E-state index is 0.265. The highest BCUT2D eigenvalue weighted by Crippen LogP contribution is 2.24. The van der Waals surface area contributed by atoms with E-state index in [0.717, 1.165) is 21.6 Å². The van der Waals surface area contributed by atoms with Gasteiger partial charge < -0.3 is 10.6 Å². The molecule has 1 heterocycles. The van der Waals surface area contributed by atoms with Crippen molar-refractivity contribution in [3.8, 4) is 0 Å². The molecule has 7 nitrogen and oxygen atoms in total. The summed E-state index contributed by atoms with van der Waals surface area (Å²) in [5.74, 6) is -1.98. The van der Waals surface area contributed by atoms with Gasteiger partial charge in [-0.15, -0.1) is 0 Å². The first-order chi connectivity index (χ1) is 13.7. The lowest BCUT2D eigenvalue weighted by atomic mass is 10.1. The van der Waals surface area contributed by atoms with Gasteiger partial charge in [0.05, 0.1) is 17.7 Å². The van der Waals surface area contributed by atoms with E-state index in [-0.39, 0.29) is 23.6 Å². The van der Waals surface area contributed by atoms with Crippen molar-refractivity contribution >= 4 is 29.3 Å². The molecule has 2 N–H and O–H groups in total. The van der Waals surface area contributed by atoms with E-state index in [1.807, 2.05) is 32.9 Å². The van der Waals surface area contributed by atoms with Crippen LogP contribution in [0.15, 0.2) is 36.4 Å². The molecule has 0 fully saturated rings. The number of nitrogens with zero attached hydrogens (tertiary/aromatic N) is 1. The van der Waals surface area contributed by atoms with Gasteiger partial charge in [-0.2, -0.15) is 0 Å². The van der Waals surface area contributed by atoms with Gasteiger partial charge in [0.25, 0.3) is 11.8 Å². The monoisotopic (exact) mass is 393 g/mol. The van der Waals surface area contributed by atoms with Gasteiger partial charge in [-0.3, -0.25) is 24.1 Å². The molecule has 4 amide bonds. The van der Waals surface area contributed by atoms with Crippen LogP contribution in [-0.4, -0.2) is 41.1 Å². The predicted octanol–water partition coefficient (Wildman–Crippen LogP) is 2.35. The highest BCUT2D eigenvalue weighted by Gasteiger charge is 2.40. The van der Waals surface area contributed by atoms with Crippen LogP contribution >= 0.6 is 0 Å². The minimum atomic E-state index is -1.03. The molecule has 2 aromatic carbocycles. The number of rotatable bonds is 5. The van der Waals surface area contributed by atoms with Gasteiger partial charge in [-0.1, -0.05) is 29.8 Å². The molecule has 7 heteroatoms. The molecule has 0 unspecified atom stereocenters. The zero-order valence-electron chi connectivity index (χ0n) is 16.8. The molecule has 0 aliphatic carbocycles. The number of fused-ring (bicyclic) bond motifs is 1. The lowest BCUT2D eigenvalue weighted by molar-refractivity contribution is -0.126. The Morgan fingerprint density at radius 3 is 2.00 bits per heavy atom. The van der Waals surface area contributed by atoms with Crippen molar-refractivity contribution in [3.63, 3.8) is 0 Å². The molecule has 0 saturated heterocycles. The highest BCUT2D eigenvalue weighted by atomic mass is 16.2. The number of amides is 4. The first kappa shape index (κ1) is 20.3. The van der Waals surface area contributed by atoms with Crippen LogP contribution in [0.25, 0.3) is 0 Å². The van der Waals surface area contributed by atoms with E-state index in [9.17, 15) is 19.2 Å². The van der Waals surface area contributed by atoms with E-state index in [1.165, 1.54) is 6.92 Å². The molecule has 0 spiro atoms. The lowest BCUT2D eigenvalue weighted by Gasteiger charge is -2.21. The van der Waals surface area contributed by atoms with Gasteiger partial charge >= 0.3 is 0 Å². The van der Waals surface area contributed by atoms with E-state index in [2.05, 4.69) is 10.6 Å². The Hall–Kier alpha value is -3.48. The fraction of sp³-hybridized carbons (Fsp3) is 0.273. The van der Waals surface area contributed by atoms with Crippen LogP contribution in [0.2, 0.25) is 0 Å². The van der Waals surface area contributed by atoms with Crippen LogP contribution in [0.5, 0.6) is 0 Å². The highest BCUT2D eigenvalue weighted by molar-refractivity contribution is 6.22. The number of anilines is 1. The van der Waals surface area contributed by atoms with Gasteiger partial charge in [0.15, 0.2) is 0 Å². The van der Waals surface area contributed by atoms with Crippen molar-refractivity contribution in [2.24, 2.45) is 0 Å². The lowest BCUT2D eigenvalue weighted by Crippen LogP contribution is -2.49. The van der Waals surface area contributed by atoms with Crippen molar-refractivity contribution in [3.05, 3.63) is 64.2 Å². The second-order valence-electron chi connectivity index (χ2n) is 7.24. The normalized spacial score (nSPS) is 13.9. The van der Waals surface area contributed by atoms with Crippen LogP contribution in [-0.2, 0) is 9.59 Å². The van der Waals surface area contributed by atoms with E-state index in [4.69, 9.17) is 0 Å². The number of benzene rings is 2. The third kappa shape index (κ3) is 3.89. The Labute approximate surface area is 169 Å². The second-order valence-corrected chi connectivity index (χ2v) is 7.24. The van der Waals surface area contributed by atoms with Crippen LogP contribution in [0.4, 0.5) is 5.69 Å². The van der Waals surface area contributed by atoms with Gasteiger partial charge in [-0.05, 0) is 51.0 Å². The molecule has 0 saturated carbocycles. The van der Waals surface area contributed by atoms with Crippen molar-refractivity contribution in [1.29, 1.82) is 0 Å². The van der Waals surface area contributed by atoms with Crippen LogP contribution in [0, 0.1) is 20.8 Å². The van der Waals surface area contributed by atoms with Crippen molar-refractivity contribution in [1.82, 2.24) is 10.2 Å². The Kier molecular flexibility index (Phi) is 5.50. The number of carbonyl (C=O) groups is 4. The third-order valence-corrected chi connectivity index (χ3v) is 4.96. The molecule has 1 atom stereocenters. The average Bonchev–Trinajstić information content (AvgIpc) is 2.93. The Morgan fingerprint density at radius 1 is 0.966 bits per heavy atom. The zero-order valence-corrected chi connectivity index (χ0v) is 16.8. The molecule has 150 valence electrons. The summed E-state index contributed by atoms with van der Waals surface area (Å²) >= 11 is 0. The fourth-order valence-corrected chi connectivity index (χ4v) is 3.55. The van der Waals surface area contributed by atoms with Crippen LogP contribution < -0.4 is 10.6 Å². The average molecular weight is 393 g/mol. The summed E-state index contributed by atoms with van der Waals surface area (Å²) in [7, 11) is 0. The molecule has 2 aromatic rings. The molecular formula is C22H23N3O4. The van der Waals surface area contributed by atoms with Crippen molar-refractivity contribution in [2.45, 2.75) is 33.7 Å². The molecule has 29 heavy (non-hydrogen) atoms. The fourth-order valence-electron chi connectivity index (χ4n) is 3.55. The largest absolute Gasteiger partial charge is 0.345 e. The first-order valence-electron chi connectivity index (χ1n) is 9.33. The molecule has 0 aromatic heterocycles. The van der Waals surface area contributed by atoms with Crippen molar-refractivity contribution in [2.75, 3.05) is 11.9 Å². The summed E-state index contributed by atoms with van der Waals surface area (Å²) in [6, 6.07) is 9.34. The molecule has 0 bridgehead atoms. The number of carbonyl (C=O) groups excluding carboxylic acids is 4. The maximum atomic E-state index is 12.5. The van der Waals surface area contributed by atoms with E-state index >= 15 is 0 Å². The summed E-state index contributed by atoms with van der Waals surface area (Å²) in [5, 5.41) is 5.30. The minimum Gasteiger partial charge on any atom is -0.345 e. The number of imide groups is 1. The molecule has 1 aliphatic rings. The van der Waals surface area contributed by atoms with Gasteiger partial charge in [-0.25, -0.2) is 0 Å². The SMILES string of the molecule is Cc1cc(C)c(NC(=O)CNC(=O)[C@H](C)N2C(=O)c3ccccc3C2=O)c(C)c1. The van der Waals surface area contributed by atoms with Gasteiger partial charge in [0, 0.05) is 5.69 Å². The Balaban J connectivity index is 1.62. The van der Waals surface area contributed by atoms with Gasteiger partial charge in [0.1, 0.15) is 6.04 Å². The van der Waals surface area contributed by atoms with Gasteiger partial charge in [0.2, 0.25) is 11.8 Å². The number of nitrogens with one attached hydrogen (secondary N) is 2. The smallest absolute Gasteiger partial charge is 0.262 e. The molecule has 3 rings (SSSR count). The summed E-state index contributed by atoms with van der Waals surface area (Å²) in [4.78, 5) is 50.6.